The minimum atomic E-state index is -0.332. The monoisotopic (exact) mass is 890 g/mol. The van der Waals surface area contributed by atoms with E-state index < -0.39 is 0 Å². The number of nitrogens with zero attached hydrogens (tertiary/aromatic N) is 2. The fourth-order valence-corrected chi connectivity index (χ4v) is 13.9. The van der Waals surface area contributed by atoms with Crippen LogP contribution in [0, 0.1) is 0 Å². The van der Waals surface area contributed by atoms with Gasteiger partial charge in [-0.3, -0.25) is 0 Å². The normalized spacial score (nSPS) is 13.0. The van der Waals surface area contributed by atoms with Crippen LogP contribution in [-0.4, -0.2) is 0 Å². The lowest BCUT2D eigenvalue weighted by Gasteiger charge is -2.30. The lowest BCUT2D eigenvalue weighted by atomic mass is 9.79. The largest absolute Gasteiger partial charge is 0.309 e. The Morgan fingerprint density at radius 3 is 1.40 bits per heavy atom. The summed E-state index contributed by atoms with van der Waals surface area (Å²) in [6, 6.07) is 81.1. The second-order valence-corrected chi connectivity index (χ2v) is 20.5. The SMILES string of the molecule is CC1(C)c2cc(N(c3ccccc3)c3cccc4c3sc3ccccc34)c3ccccc3c2-c2c1c1ccc(N(c3ccccc3)c3cccc4c3sc3ccccc34)cc1c1ccccc21. The highest BCUT2D eigenvalue weighted by Gasteiger charge is 2.41. The molecule has 316 valence electrons. The van der Waals surface area contributed by atoms with E-state index in [0.29, 0.717) is 0 Å². The molecule has 0 radical (unpaired) electrons. The van der Waals surface area contributed by atoms with Crippen molar-refractivity contribution in [1.82, 2.24) is 0 Å². The zero-order valence-electron chi connectivity index (χ0n) is 37.0. The molecule has 1 aliphatic rings. The van der Waals surface area contributed by atoms with E-state index in [0.717, 1.165) is 17.1 Å². The highest BCUT2D eigenvalue weighted by atomic mass is 32.1. The lowest BCUT2D eigenvalue weighted by Crippen LogP contribution is -2.17. The second-order valence-electron chi connectivity index (χ2n) is 18.4. The first-order valence-electron chi connectivity index (χ1n) is 23.1. The first kappa shape index (κ1) is 38.5. The Kier molecular flexibility index (Phi) is 8.40. The Balaban J connectivity index is 1.02. The van der Waals surface area contributed by atoms with Crippen LogP contribution in [0.3, 0.4) is 0 Å². The van der Waals surface area contributed by atoms with Gasteiger partial charge in [-0.05, 0) is 116 Å². The molecule has 0 saturated carbocycles. The Bertz CT molecular complexity index is 4140. The van der Waals surface area contributed by atoms with Crippen LogP contribution in [0.1, 0.15) is 25.0 Å². The maximum atomic E-state index is 2.54. The number of hydrogen-bond donors (Lipinski definition) is 0. The van der Waals surface area contributed by atoms with Gasteiger partial charge in [-0.25, -0.2) is 0 Å². The molecule has 2 aromatic heterocycles. The average molecular weight is 891 g/mol. The molecule has 0 aliphatic heterocycles. The highest BCUT2D eigenvalue weighted by molar-refractivity contribution is 7.26. The van der Waals surface area contributed by atoms with Crippen molar-refractivity contribution in [3.8, 4) is 11.1 Å². The van der Waals surface area contributed by atoms with Gasteiger partial charge in [0.05, 0.1) is 26.5 Å². The van der Waals surface area contributed by atoms with Gasteiger partial charge >= 0.3 is 0 Å². The summed E-state index contributed by atoms with van der Waals surface area (Å²) in [6.07, 6.45) is 0. The van der Waals surface area contributed by atoms with Crippen LogP contribution in [-0.2, 0) is 5.41 Å². The van der Waals surface area contributed by atoms with Crippen molar-refractivity contribution in [2.24, 2.45) is 0 Å². The zero-order valence-corrected chi connectivity index (χ0v) is 38.6. The number of rotatable bonds is 6. The van der Waals surface area contributed by atoms with Crippen LogP contribution < -0.4 is 9.80 Å². The van der Waals surface area contributed by atoms with Crippen molar-refractivity contribution in [3.63, 3.8) is 0 Å². The molecule has 0 saturated heterocycles. The van der Waals surface area contributed by atoms with Crippen LogP contribution in [0.15, 0.2) is 218 Å². The minimum absolute atomic E-state index is 0.332. The first-order chi connectivity index (χ1) is 33.0. The third-order valence-electron chi connectivity index (χ3n) is 14.4. The molecule has 0 N–H and O–H groups in total. The third kappa shape index (κ3) is 5.61. The first-order valence-corrected chi connectivity index (χ1v) is 24.7. The summed E-state index contributed by atoms with van der Waals surface area (Å²) in [5.74, 6) is 0. The molecule has 4 heteroatoms. The molecule has 0 amide bonds. The summed E-state index contributed by atoms with van der Waals surface area (Å²) in [6.45, 7) is 4.91. The van der Waals surface area contributed by atoms with E-state index in [1.54, 1.807) is 0 Å². The van der Waals surface area contributed by atoms with Crippen molar-refractivity contribution < 1.29 is 0 Å². The fraction of sp³-hybridized carbons (Fsp3) is 0.0476. The van der Waals surface area contributed by atoms with Gasteiger partial charge in [-0.15, -0.1) is 22.7 Å². The Morgan fingerprint density at radius 1 is 0.313 bits per heavy atom. The topological polar surface area (TPSA) is 6.48 Å². The van der Waals surface area contributed by atoms with Crippen LogP contribution in [0.2, 0.25) is 0 Å². The summed E-state index contributed by atoms with van der Waals surface area (Å²) in [5.41, 5.74) is 12.1. The van der Waals surface area contributed by atoms with E-state index in [2.05, 4.69) is 242 Å². The smallest absolute Gasteiger partial charge is 0.0640 e. The maximum absolute atomic E-state index is 2.54. The summed E-state index contributed by atoms with van der Waals surface area (Å²) in [7, 11) is 0. The van der Waals surface area contributed by atoms with Crippen molar-refractivity contribution in [2.45, 2.75) is 19.3 Å². The minimum Gasteiger partial charge on any atom is -0.309 e. The van der Waals surface area contributed by atoms with E-state index in [4.69, 9.17) is 0 Å². The lowest BCUT2D eigenvalue weighted by molar-refractivity contribution is 0.667. The zero-order chi connectivity index (χ0) is 44.4. The fourth-order valence-electron chi connectivity index (χ4n) is 11.5. The Morgan fingerprint density at radius 2 is 0.791 bits per heavy atom. The van der Waals surface area contributed by atoms with Gasteiger partial charge in [-0.2, -0.15) is 0 Å². The number of hydrogen-bond acceptors (Lipinski definition) is 4. The third-order valence-corrected chi connectivity index (χ3v) is 16.8. The quantitative estimate of drug-likeness (QED) is 0.154. The van der Waals surface area contributed by atoms with Gasteiger partial charge in [0.1, 0.15) is 0 Å². The molecule has 14 rings (SSSR count). The number of thiophene rings is 2. The molecule has 2 heterocycles. The predicted octanol–water partition coefficient (Wildman–Crippen LogP) is 19.1. The van der Waals surface area contributed by atoms with E-state index in [1.807, 2.05) is 22.7 Å². The molecule has 2 nitrogen and oxygen atoms in total. The van der Waals surface area contributed by atoms with Crippen molar-refractivity contribution >= 4 is 129 Å². The standard InChI is InChI=1S/C63H42N2S2/c1-63(2)52-38-55(65(40-21-7-4-8-22-40)54-32-18-30-50-45-26-14-16-34-57(45)67-62(50)54)43-24-10-12-28-47(43)58(52)59-46-27-11-9-23-42(46)51-37-41(35-36-48(51)60(59)63)64(39-19-5-3-6-20-39)53-31-17-29-49-44-25-13-15-33-56(44)66-61(49)53/h3-38H,1-2H3. The molecule has 0 fully saturated rings. The van der Waals surface area contributed by atoms with Gasteiger partial charge in [0.15, 0.2) is 0 Å². The maximum Gasteiger partial charge on any atom is 0.0640 e. The van der Waals surface area contributed by atoms with Gasteiger partial charge in [0, 0.05) is 58.8 Å². The van der Waals surface area contributed by atoms with Crippen molar-refractivity contribution in [2.75, 3.05) is 9.80 Å². The number of fused-ring (bicyclic) bond motifs is 16. The molecule has 0 spiro atoms. The summed E-state index contributed by atoms with van der Waals surface area (Å²) < 4.78 is 5.19. The number of benzene rings is 11. The number of para-hydroxylation sites is 2. The molecular weight excluding hydrogens is 849 g/mol. The summed E-state index contributed by atoms with van der Waals surface area (Å²) in [4.78, 5) is 4.99. The van der Waals surface area contributed by atoms with E-state index >= 15 is 0 Å². The van der Waals surface area contributed by atoms with Crippen molar-refractivity contribution in [3.05, 3.63) is 230 Å². The highest BCUT2D eigenvalue weighted by Crippen LogP contribution is 2.59. The molecule has 1 aliphatic carbocycles. The summed E-state index contributed by atoms with van der Waals surface area (Å²) >= 11 is 3.76. The van der Waals surface area contributed by atoms with Crippen LogP contribution in [0.25, 0.3) is 83.8 Å². The van der Waals surface area contributed by atoms with Crippen LogP contribution in [0.4, 0.5) is 34.1 Å². The molecule has 0 unspecified atom stereocenters. The predicted molar refractivity (Wildman–Crippen MR) is 292 cm³/mol. The molecule has 0 bridgehead atoms. The van der Waals surface area contributed by atoms with Gasteiger partial charge < -0.3 is 9.80 Å². The van der Waals surface area contributed by atoms with Crippen molar-refractivity contribution in [1.29, 1.82) is 0 Å². The van der Waals surface area contributed by atoms with Gasteiger partial charge in [0.25, 0.3) is 0 Å². The van der Waals surface area contributed by atoms with Gasteiger partial charge in [-0.1, -0.05) is 166 Å². The Labute approximate surface area is 396 Å². The Hall–Kier alpha value is -7.76. The molecule has 13 aromatic rings. The number of anilines is 6. The molecular formula is C63H42N2S2. The summed E-state index contributed by atoms with van der Waals surface area (Å²) in [5, 5.41) is 12.8. The molecule has 0 atom stereocenters. The van der Waals surface area contributed by atoms with Crippen LogP contribution >= 0.6 is 22.7 Å². The van der Waals surface area contributed by atoms with E-state index in [-0.39, 0.29) is 5.41 Å². The average Bonchev–Trinajstić information content (AvgIpc) is 4.03. The molecule has 67 heavy (non-hydrogen) atoms. The van der Waals surface area contributed by atoms with Gasteiger partial charge in [0.2, 0.25) is 0 Å². The van der Waals surface area contributed by atoms with Crippen LogP contribution in [0.5, 0.6) is 0 Å². The molecule has 11 aromatic carbocycles. The van der Waals surface area contributed by atoms with E-state index in [1.165, 1.54) is 112 Å². The second kappa shape index (κ2) is 14.6. The van der Waals surface area contributed by atoms with E-state index in [9.17, 15) is 0 Å².